The number of nitrogens with one attached hydrogen (secondary N) is 3. The first kappa shape index (κ1) is 13.4. The molecule has 0 saturated heterocycles. The normalized spacial score (nSPS) is 13.8. The van der Waals surface area contributed by atoms with Gasteiger partial charge >= 0.3 is 0 Å². The quantitative estimate of drug-likeness (QED) is 0.453. The average Bonchev–Trinajstić information content (AvgIpc) is 3.19. The summed E-state index contributed by atoms with van der Waals surface area (Å²) < 4.78 is 0. The van der Waals surface area contributed by atoms with Gasteiger partial charge in [-0.25, -0.2) is 0 Å². The molecule has 1 aromatic carbocycles. The molecule has 1 aromatic rings. The van der Waals surface area contributed by atoms with Crippen LogP contribution in [0.1, 0.15) is 28.8 Å². The van der Waals surface area contributed by atoms with Crippen LogP contribution in [0.15, 0.2) is 18.2 Å². The number of nitrogen functional groups attached to an aromatic ring is 1. The van der Waals surface area contributed by atoms with Crippen LogP contribution in [-0.2, 0) is 4.79 Å². The van der Waals surface area contributed by atoms with E-state index >= 15 is 0 Å². The van der Waals surface area contributed by atoms with Crippen LogP contribution >= 0.6 is 0 Å². The number of nitrogens with two attached hydrogens (primary N) is 1. The molecule has 6 heteroatoms. The highest BCUT2D eigenvalue weighted by atomic mass is 16.2. The average molecular weight is 262 g/mol. The molecule has 0 bridgehead atoms. The molecule has 0 aromatic heterocycles. The molecule has 0 atom stereocenters. The van der Waals surface area contributed by atoms with Gasteiger partial charge in [0.1, 0.15) is 0 Å². The highest BCUT2D eigenvalue weighted by Crippen LogP contribution is 2.18. The summed E-state index contributed by atoms with van der Waals surface area (Å²) in [7, 11) is 0. The Labute approximate surface area is 111 Å². The molecule has 19 heavy (non-hydrogen) atoms. The van der Waals surface area contributed by atoms with E-state index in [9.17, 15) is 9.59 Å². The Bertz CT molecular complexity index is 497. The summed E-state index contributed by atoms with van der Waals surface area (Å²) in [4.78, 5) is 23.3. The smallest absolute Gasteiger partial charge is 0.251 e. The van der Waals surface area contributed by atoms with Crippen molar-refractivity contribution < 1.29 is 9.59 Å². The van der Waals surface area contributed by atoms with Gasteiger partial charge in [0.2, 0.25) is 5.91 Å². The summed E-state index contributed by atoms with van der Waals surface area (Å²) in [6.07, 6.45) is 2.07. The van der Waals surface area contributed by atoms with Crippen molar-refractivity contribution in [3.63, 3.8) is 0 Å². The maximum atomic E-state index is 11.9. The Hall–Kier alpha value is -2.08. The highest BCUT2D eigenvalue weighted by molar-refractivity contribution is 5.97. The monoisotopic (exact) mass is 262 g/mol. The van der Waals surface area contributed by atoms with Crippen molar-refractivity contribution in [3.8, 4) is 0 Å². The number of anilines is 1. The lowest BCUT2D eigenvalue weighted by atomic mass is 10.1. The van der Waals surface area contributed by atoms with E-state index in [1.54, 1.807) is 18.2 Å². The molecule has 2 amide bonds. The van der Waals surface area contributed by atoms with Gasteiger partial charge in [-0.15, -0.1) is 0 Å². The topological polar surface area (TPSA) is 96.2 Å². The second kappa shape index (κ2) is 5.71. The zero-order valence-corrected chi connectivity index (χ0v) is 10.8. The summed E-state index contributed by atoms with van der Waals surface area (Å²) >= 11 is 0. The molecule has 5 N–H and O–H groups in total. The molecule has 0 aliphatic heterocycles. The van der Waals surface area contributed by atoms with Crippen molar-refractivity contribution in [3.05, 3.63) is 29.3 Å². The Morgan fingerprint density at radius 3 is 2.68 bits per heavy atom. The van der Waals surface area contributed by atoms with E-state index in [1.165, 1.54) is 0 Å². The Morgan fingerprint density at radius 1 is 1.37 bits per heavy atom. The molecule has 0 heterocycles. The van der Waals surface area contributed by atoms with E-state index in [0.717, 1.165) is 24.1 Å². The van der Waals surface area contributed by atoms with E-state index in [2.05, 4.69) is 16.1 Å². The zero-order chi connectivity index (χ0) is 13.8. The van der Waals surface area contributed by atoms with Crippen LogP contribution < -0.4 is 21.9 Å². The molecule has 1 aliphatic carbocycles. The van der Waals surface area contributed by atoms with Crippen molar-refractivity contribution >= 4 is 17.5 Å². The van der Waals surface area contributed by atoms with Crippen LogP contribution in [0.5, 0.6) is 0 Å². The minimum Gasteiger partial charge on any atom is -0.352 e. The number of carbonyl (C=O) groups is 2. The minimum atomic E-state index is -0.266. The maximum Gasteiger partial charge on any atom is 0.251 e. The summed E-state index contributed by atoms with van der Waals surface area (Å²) in [5, 5.41) is 5.40. The molecule has 1 fully saturated rings. The second-order valence-corrected chi connectivity index (χ2v) is 4.70. The lowest BCUT2D eigenvalue weighted by Crippen LogP contribution is -2.37. The van der Waals surface area contributed by atoms with Crippen LogP contribution in [0.25, 0.3) is 0 Å². The highest BCUT2D eigenvalue weighted by Gasteiger charge is 2.23. The van der Waals surface area contributed by atoms with Crippen molar-refractivity contribution in [2.45, 2.75) is 25.8 Å². The lowest BCUT2D eigenvalue weighted by Gasteiger charge is -2.09. The van der Waals surface area contributed by atoms with E-state index in [1.807, 2.05) is 6.92 Å². The minimum absolute atomic E-state index is 0.00523. The number of benzene rings is 1. The van der Waals surface area contributed by atoms with E-state index in [-0.39, 0.29) is 18.4 Å². The standard InChI is InChI=1S/C13H18N4O2/c1-8-6-9(2-5-11(8)17-14)13(19)15-7-12(18)16-10-3-4-10/h2,5-6,10,17H,3-4,7,14H2,1H3,(H,15,19)(H,16,18). The second-order valence-electron chi connectivity index (χ2n) is 4.70. The van der Waals surface area contributed by atoms with Crippen molar-refractivity contribution in [2.24, 2.45) is 5.84 Å². The Balaban J connectivity index is 1.88. The van der Waals surface area contributed by atoms with Crippen LogP contribution in [0.2, 0.25) is 0 Å². The molecule has 0 radical (unpaired) electrons. The van der Waals surface area contributed by atoms with Crippen LogP contribution in [0.3, 0.4) is 0 Å². The largest absolute Gasteiger partial charge is 0.352 e. The Morgan fingerprint density at radius 2 is 2.11 bits per heavy atom. The molecule has 0 unspecified atom stereocenters. The number of amides is 2. The third-order valence-corrected chi connectivity index (χ3v) is 3.00. The van der Waals surface area contributed by atoms with Gasteiger partial charge < -0.3 is 16.1 Å². The first-order chi connectivity index (χ1) is 9.10. The summed E-state index contributed by atoms with van der Waals surface area (Å²) in [6, 6.07) is 5.43. The van der Waals surface area contributed by atoms with Gasteiger partial charge in [-0.1, -0.05) is 0 Å². The predicted molar refractivity (Wildman–Crippen MR) is 72.5 cm³/mol. The van der Waals surface area contributed by atoms with E-state index in [4.69, 9.17) is 5.84 Å². The number of rotatable bonds is 5. The van der Waals surface area contributed by atoms with Crippen molar-refractivity contribution in [1.82, 2.24) is 10.6 Å². The number of aryl methyl sites for hydroxylation is 1. The fraction of sp³-hybridized carbons (Fsp3) is 0.385. The maximum absolute atomic E-state index is 11.9. The fourth-order valence-corrected chi connectivity index (χ4v) is 1.74. The molecule has 1 aliphatic rings. The lowest BCUT2D eigenvalue weighted by molar-refractivity contribution is -0.120. The molecular formula is C13H18N4O2. The van der Waals surface area contributed by atoms with Gasteiger partial charge in [-0.2, -0.15) is 0 Å². The summed E-state index contributed by atoms with van der Waals surface area (Å²) in [6.45, 7) is 1.86. The van der Waals surface area contributed by atoms with Crippen LogP contribution in [0.4, 0.5) is 5.69 Å². The zero-order valence-electron chi connectivity index (χ0n) is 10.8. The fourth-order valence-electron chi connectivity index (χ4n) is 1.74. The number of hydrazine groups is 1. The van der Waals surface area contributed by atoms with Crippen LogP contribution in [0, 0.1) is 6.92 Å². The van der Waals surface area contributed by atoms with Gasteiger partial charge in [0, 0.05) is 11.6 Å². The molecule has 2 rings (SSSR count). The van der Waals surface area contributed by atoms with Crippen molar-refractivity contribution in [1.29, 1.82) is 0 Å². The van der Waals surface area contributed by atoms with E-state index in [0.29, 0.717) is 11.6 Å². The van der Waals surface area contributed by atoms with Gasteiger partial charge in [-0.3, -0.25) is 15.4 Å². The van der Waals surface area contributed by atoms with Crippen molar-refractivity contribution in [2.75, 3.05) is 12.0 Å². The molecular weight excluding hydrogens is 244 g/mol. The predicted octanol–water partition coefficient (Wildman–Crippen LogP) is 0.289. The molecule has 1 saturated carbocycles. The third-order valence-electron chi connectivity index (χ3n) is 3.00. The summed E-state index contributed by atoms with van der Waals surface area (Å²) in [5.41, 5.74) is 4.69. The Kier molecular flexibility index (Phi) is 4.01. The number of hydrogen-bond donors (Lipinski definition) is 4. The van der Waals surface area contributed by atoms with Gasteiger partial charge in [0.25, 0.3) is 5.91 Å². The summed E-state index contributed by atoms with van der Waals surface area (Å²) in [5.74, 6) is 4.91. The van der Waals surface area contributed by atoms with Gasteiger partial charge in [-0.05, 0) is 43.5 Å². The van der Waals surface area contributed by atoms with E-state index < -0.39 is 0 Å². The SMILES string of the molecule is Cc1cc(C(=O)NCC(=O)NC2CC2)ccc1NN. The molecule has 102 valence electrons. The molecule has 0 spiro atoms. The number of carbonyl (C=O) groups excluding carboxylic acids is 2. The van der Waals surface area contributed by atoms with Crippen LogP contribution in [-0.4, -0.2) is 24.4 Å². The van der Waals surface area contributed by atoms with Gasteiger partial charge in [0.15, 0.2) is 0 Å². The van der Waals surface area contributed by atoms with Gasteiger partial charge in [0.05, 0.1) is 12.2 Å². The first-order valence-electron chi connectivity index (χ1n) is 6.25. The molecule has 6 nitrogen and oxygen atoms in total. The third kappa shape index (κ3) is 3.69. The number of hydrogen-bond acceptors (Lipinski definition) is 4. The first-order valence-corrected chi connectivity index (χ1v) is 6.25.